The van der Waals surface area contributed by atoms with Gasteiger partial charge in [0.25, 0.3) is 5.91 Å². The van der Waals surface area contributed by atoms with Gasteiger partial charge in [0.15, 0.2) is 0 Å². The van der Waals surface area contributed by atoms with E-state index in [4.69, 9.17) is 11.6 Å². The molecule has 1 aromatic rings. The van der Waals surface area contributed by atoms with Crippen LogP contribution in [0.15, 0.2) is 18.2 Å². The number of rotatable bonds is 3. The normalized spacial score (nSPS) is 22.6. The molecule has 1 saturated carbocycles. The van der Waals surface area contributed by atoms with Crippen molar-refractivity contribution in [2.24, 2.45) is 11.8 Å². The summed E-state index contributed by atoms with van der Waals surface area (Å²) < 4.78 is 14.0. The molecule has 2 saturated heterocycles. The van der Waals surface area contributed by atoms with Crippen LogP contribution in [0.2, 0.25) is 5.02 Å². The van der Waals surface area contributed by atoms with Crippen molar-refractivity contribution in [1.82, 2.24) is 14.7 Å². The van der Waals surface area contributed by atoms with Gasteiger partial charge in [0, 0.05) is 50.2 Å². The number of benzene rings is 1. The molecule has 2 heterocycles. The third-order valence-electron chi connectivity index (χ3n) is 6.05. The molecule has 0 radical (unpaired) electrons. The van der Waals surface area contributed by atoms with Crippen LogP contribution in [0.1, 0.15) is 36.0 Å². The number of carbonyl (C=O) groups excluding carboxylic acids is 3. The first kappa shape index (κ1) is 20.1. The van der Waals surface area contributed by atoms with Gasteiger partial charge in [-0.3, -0.25) is 14.4 Å². The van der Waals surface area contributed by atoms with Crippen LogP contribution >= 0.6 is 11.6 Å². The molecule has 3 amide bonds. The van der Waals surface area contributed by atoms with Gasteiger partial charge in [0.05, 0.1) is 11.5 Å². The largest absolute Gasteiger partial charge is 0.342 e. The highest BCUT2D eigenvalue weighted by Crippen LogP contribution is 2.32. The lowest BCUT2D eigenvalue weighted by atomic mass is 9.95. The number of amides is 3. The number of carbonyl (C=O) groups is 3. The van der Waals surface area contributed by atoms with Gasteiger partial charge < -0.3 is 14.7 Å². The van der Waals surface area contributed by atoms with Gasteiger partial charge in [-0.2, -0.15) is 0 Å². The number of piperidine rings is 1. The maximum atomic E-state index is 14.0. The second-order valence-corrected chi connectivity index (χ2v) is 8.58. The van der Waals surface area contributed by atoms with Crippen LogP contribution in [0.25, 0.3) is 0 Å². The highest BCUT2D eigenvalue weighted by atomic mass is 35.5. The summed E-state index contributed by atoms with van der Waals surface area (Å²) in [5.41, 5.74) is -0.0428. The van der Waals surface area contributed by atoms with Gasteiger partial charge in [-0.25, -0.2) is 4.39 Å². The average Bonchev–Trinajstić information content (AvgIpc) is 3.59. The van der Waals surface area contributed by atoms with Crippen molar-refractivity contribution >= 4 is 29.3 Å². The number of piperazine rings is 1. The second kappa shape index (κ2) is 8.30. The molecule has 156 valence electrons. The molecule has 1 atom stereocenters. The van der Waals surface area contributed by atoms with E-state index in [1.165, 1.54) is 18.2 Å². The molecule has 3 fully saturated rings. The summed E-state index contributed by atoms with van der Waals surface area (Å²) in [5.74, 6) is -0.748. The zero-order valence-electron chi connectivity index (χ0n) is 16.3. The van der Waals surface area contributed by atoms with Crippen molar-refractivity contribution in [2.45, 2.75) is 25.7 Å². The van der Waals surface area contributed by atoms with Crippen LogP contribution in [0.5, 0.6) is 0 Å². The Labute approximate surface area is 174 Å². The molecule has 3 aliphatic rings. The van der Waals surface area contributed by atoms with E-state index in [9.17, 15) is 18.8 Å². The number of hydrogen-bond acceptors (Lipinski definition) is 3. The lowest BCUT2D eigenvalue weighted by molar-refractivity contribution is -0.142. The monoisotopic (exact) mass is 421 g/mol. The molecule has 0 aromatic heterocycles. The van der Waals surface area contributed by atoms with Crippen LogP contribution in [-0.4, -0.2) is 71.7 Å². The molecule has 6 nitrogen and oxygen atoms in total. The summed E-state index contributed by atoms with van der Waals surface area (Å²) in [5, 5.41) is 0.311. The van der Waals surface area contributed by atoms with Gasteiger partial charge in [0.2, 0.25) is 11.8 Å². The van der Waals surface area contributed by atoms with Gasteiger partial charge in [-0.1, -0.05) is 11.6 Å². The van der Waals surface area contributed by atoms with E-state index < -0.39 is 11.7 Å². The smallest absolute Gasteiger partial charge is 0.257 e. The molecular weight excluding hydrogens is 397 g/mol. The third-order valence-corrected chi connectivity index (χ3v) is 6.28. The number of nitrogens with zero attached hydrogens (tertiary/aromatic N) is 3. The summed E-state index contributed by atoms with van der Waals surface area (Å²) in [4.78, 5) is 43.1. The van der Waals surface area contributed by atoms with Gasteiger partial charge in [-0.15, -0.1) is 0 Å². The fraction of sp³-hybridized carbons (Fsp3) is 0.571. The van der Waals surface area contributed by atoms with Crippen molar-refractivity contribution < 1.29 is 18.8 Å². The Morgan fingerprint density at radius 1 is 0.862 bits per heavy atom. The van der Waals surface area contributed by atoms with Crippen LogP contribution in [0.3, 0.4) is 0 Å². The minimum Gasteiger partial charge on any atom is -0.342 e. The van der Waals surface area contributed by atoms with Crippen molar-refractivity contribution in [2.75, 3.05) is 39.3 Å². The molecule has 0 spiro atoms. The first-order valence-electron chi connectivity index (χ1n) is 10.3. The van der Waals surface area contributed by atoms with Crippen molar-refractivity contribution in [1.29, 1.82) is 0 Å². The van der Waals surface area contributed by atoms with E-state index in [0.717, 1.165) is 32.2 Å². The molecule has 8 heteroatoms. The SMILES string of the molecule is O=C(c1cc(Cl)ccc1F)N1CCN(C(=O)C2CCCN(C(=O)C3CC3)C2)CC1. The first-order valence-corrected chi connectivity index (χ1v) is 10.6. The lowest BCUT2D eigenvalue weighted by Crippen LogP contribution is -2.54. The van der Waals surface area contributed by atoms with Gasteiger partial charge in [0.1, 0.15) is 5.82 Å². The third kappa shape index (κ3) is 4.39. The lowest BCUT2D eigenvalue weighted by Gasteiger charge is -2.39. The first-order chi connectivity index (χ1) is 13.9. The van der Waals surface area contributed by atoms with Crippen LogP contribution in [0.4, 0.5) is 4.39 Å². The van der Waals surface area contributed by atoms with Crippen molar-refractivity contribution in [3.63, 3.8) is 0 Å². The molecule has 1 aromatic carbocycles. The van der Waals surface area contributed by atoms with Gasteiger partial charge in [-0.05, 0) is 43.9 Å². The quantitative estimate of drug-likeness (QED) is 0.753. The molecular formula is C21H25ClFN3O3. The van der Waals surface area contributed by atoms with Crippen LogP contribution in [0, 0.1) is 17.7 Å². The van der Waals surface area contributed by atoms with Crippen LogP contribution in [-0.2, 0) is 9.59 Å². The predicted molar refractivity (Wildman–Crippen MR) is 106 cm³/mol. The molecule has 2 aliphatic heterocycles. The van der Waals surface area contributed by atoms with E-state index >= 15 is 0 Å². The Hall–Kier alpha value is -2.15. The Morgan fingerprint density at radius 2 is 1.52 bits per heavy atom. The molecule has 1 unspecified atom stereocenters. The predicted octanol–water partition coefficient (Wildman–Crippen LogP) is 2.41. The number of likely N-dealkylation sites (tertiary alicyclic amines) is 1. The van der Waals surface area contributed by atoms with E-state index in [0.29, 0.717) is 37.7 Å². The second-order valence-electron chi connectivity index (χ2n) is 8.14. The standard InChI is InChI=1S/C21H25ClFN3O3/c22-16-5-6-18(23)17(12-16)21(29)25-10-8-24(9-11-25)20(28)15-2-1-7-26(13-15)19(27)14-3-4-14/h5-6,12,14-15H,1-4,7-11,13H2. The fourth-order valence-electron chi connectivity index (χ4n) is 4.19. The maximum Gasteiger partial charge on any atom is 0.257 e. The number of halogens is 2. The van der Waals surface area contributed by atoms with E-state index in [-0.39, 0.29) is 29.2 Å². The summed E-state index contributed by atoms with van der Waals surface area (Å²) in [6.07, 6.45) is 3.58. The summed E-state index contributed by atoms with van der Waals surface area (Å²) in [7, 11) is 0. The maximum absolute atomic E-state index is 14.0. The highest BCUT2D eigenvalue weighted by Gasteiger charge is 2.38. The zero-order chi connectivity index (χ0) is 20.5. The topological polar surface area (TPSA) is 60.9 Å². The number of hydrogen-bond donors (Lipinski definition) is 0. The van der Waals surface area contributed by atoms with Crippen LogP contribution < -0.4 is 0 Å². The van der Waals surface area contributed by atoms with E-state index in [2.05, 4.69) is 0 Å². The Kier molecular flexibility index (Phi) is 5.76. The zero-order valence-corrected chi connectivity index (χ0v) is 17.0. The molecule has 29 heavy (non-hydrogen) atoms. The van der Waals surface area contributed by atoms with E-state index in [1.54, 1.807) is 9.80 Å². The molecule has 1 aliphatic carbocycles. The van der Waals surface area contributed by atoms with E-state index in [1.807, 2.05) is 4.90 Å². The van der Waals surface area contributed by atoms with Gasteiger partial charge >= 0.3 is 0 Å². The minimum absolute atomic E-state index is 0.0428. The molecule has 4 rings (SSSR count). The Balaban J connectivity index is 1.33. The Bertz CT molecular complexity index is 821. The Morgan fingerprint density at radius 3 is 2.21 bits per heavy atom. The molecule has 0 bridgehead atoms. The highest BCUT2D eigenvalue weighted by molar-refractivity contribution is 6.31. The fourth-order valence-corrected chi connectivity index (χ4v) is 4.36. The minimum atomic E-state index is -0.597. The van der Waals surface area contributed by atoms with Crippen molar-refractivity contribution in [3.8, 4) is 0 Å². The summed E-state index contributed by atoms with van der Waals surface area (Å²) in [6, 6.07) is 3.93. The molecule has 0 N–H and O–H groups in total. The summed E-state index contributed by atoms with van der Waals surface area (Å²) >= 11 is 5.89. The van der Waals surface area contributed by atoms with Crippen molar-refractivity contribution in [3.05, 3.63) is 34.6 Å². The summed E-state index contributed by atoms with van der Waals surface area (Å²) in [6.45, 7) is 2.79. The average molecular weight is 422 g/mol.